The summed E-state index contributed by atoms with van der Waals surface area (Å²) in [6, 6.07) is 5.60. The predicted molar refractivity (Wildman–Crippen MR) is 75.2 cm³/mol. The molecular formula is C16H22O4. The molecule has 1 aromatic carbocycles. The number of aliphatic hydroxyl groups excluding tert-OH is 1. The number of hydrogen-bond acceptors (Lipinski definition) is 4. The SMILES string of the molecule is OC(COCCC1CC1)c1ccc2c(c1)OCCCO2. The number of hydrogen-bond donors (Lipinski definition) is 1. The average molecular weight is 278 g/mol. The van der Waals surface area contributed by atoms with Gasteiger partial charge in [0.1, 0.15) is 6.10 Å². The molecule has 0 saturated heterocycles. The molecule has 1 aliphatic carbocycles. The fourth-order valence-electron chi connectivity index (χ4n) is 2.33. The first-order chi connectivity index (χ1) is 9.83. The molecule has 0 aromatic heterocycles. The summed E-state index contributed by atoms with van der Waals surface area (Å²) in [5.74, 6) is 2.34. The number of ether oxygens (including phenoxy) is 3. The molecule has 4 nitrogen and oxygen atoms in total. The van der Waals surface area contributed by atoms with E-state index in [1.807, 2.05) is 18.2 Å². The van der Waals surface area contributed by atoms with E-state index < -0.39 is 6.10 Å². The summed E-state index contributed by atoms with van der Waals surface area (Å²) in [4.78, 5) is 0. The van der Waals surface area contributed by atoms with Crippen LogP contribution >= 0.6 is 0 Å². The van der Waals surface area contributed by atoms with Crippen LogP contribution in [0.3, 0.4) is 0 Å². The lowest BCUT2D eigenvalue weighted by molar-refractivity contribution is 0.0335. The molecule has 110 valence electrons. The van der Waals surface area contributed by atoms with Crippen LogP contribution in [0, 0.1) is 5.92 Å². The van der Waals surface area contributed by atoms with Crippen LogP contribution < -0.4 is 9.47 Å². The molecule has 4 heteroatoms. The lowest BCUT2D eigenvalue weighted by Gasteiger charge is -2.14. The molecule has 1 fully saturated rings. The normalized spacial score (nSPS) is 19.4. The molecule has 1 aromatic rings. The zero-order valence-corrected chi connectivity index (χ0v) is 11.7. The molecule has 0 spiro atoms. The monoisotopic (exact) mass is 278 g/mol. The van der Waals surface area contributed by atoms with Gasteiger partial charge in [-0.2, -0.15) is 0 Å². The minimum atomic E-state index is -0.605. The van der Waals surface area contributed by atoms with Crippen LogP contribution in [0.5, 0.6) is 11.5 Å². The number of benzene rings is 1. The quantitative estimate of drug-likeness (QED) is 0.813. The number of fused-ring (bicyclic) bond motifs is 1. The Labute approximate surface area is 119 Å². The van der Waals surface area contributed by atoms with Gasteiger partial charge < -0.3 is 19.3 Å². The van der Waals surface area contributed by atoms with Gasteiger partial charge in [-0.1, -0.05) is 18.9 Å². The maximum absolute atomic E-state index is 10.2. The summed E-state index contributed by atoms with van der Waals surface area (Å²) < 4.78 is 16.8. The van der Waals surface area contributed by atoms with Crippen molar-refractivity contribution in [2.75, 3.05) is 26.4 Å². The Morgan fingerprint density at radius 2 is 2.00 bits per heavy atom. The lowest BCUT2D eigenvalue weighted by atomic mass is 10.1. The Bertz CT molecular complexity index is 442. The van der Waals surface area contributed by atoms with Gasteiger partial charge in [-0.15, -0.1) is 0 Å². The van der Waals surface area contributed by atoms with Gasteiger partial charge in [-0.25, -0.2) is 0 Å². The molecular weight excluding hydrogens is 256 g/mol. The molecule has 1 unspecified atom stereocenters. The van der Waals surface area contributed by atoms with Crippen molar-refractivity contribution in [1.29, 1.82) is 0 Å². The molecule has 1 aliphatic heterocycles. The Morgan fingerprint density at radius 1 is 1.20 bits per heavy atom. The van der Waals surface area contributed by atoms with Gasteiger partial charge >= 0.3 is 0 Å². The largest absolute Gasteiger partial charge is 0.490 e. The van der Waals surface area contributed by atoms with Gasteiger partial charge in [0.2, 0.25) is 0 Å². The van der Waals surface area contributed by atoms with Gasteiger partial charge in [0.15, 0.2) is 11.5 Å². The fraction of sp³-hybridized carbons (Fsp3) is 0.625. The van der Waals surface area contributed by atoms with Crippen molar-refractivity contribution in [3.63, 3.8) is 0 Å². The first-order valence-corrected chi connectivity index (χ1v) is 7.48. The van der Waals surface area contributed by atoms with Crippen LogP contribution in [0.25, 0.3) is 0 Å². The highest BCUT2D eigenvalue weighted by Crippen LogP contribution is 2.33. The van der Waals surface area contributed by atoms with Crippen LogP contribution in [-0.4, -0.2) is 31.5 Å². The van der Waals surface area contributed by atoms with Crippen molar-refractivity contribution >= 4 is 0 Å². The van der Waals surface area contributed by atoms with E-state index in [2.05, 4.69) is 0 Å². The first kappa shape index (κ1) is 13.7. The Hall–Kier alpha value is -1.26. The summed E-state index contributed by atoms with van der Waals surface area (Å²) in [5, 5.41) is 10.2. The molecule has 1 heterocycles. The first-order valence-electron chi connectivity index (χ1n) is 7.48. The van der Waals surface area contributed by atoms with Crippen molar-refractivity contribution in [2.24, 2.45) is 5.92 Å². The summed E-state index contributed by atoms with van der Waals surface area (Å²) in [6.07, 6.45) is 4.08. The van der Waals surface area contributed by atoms with E-state index in [1.165, 1.54) is 12.8 Å². The van der Waals surface area contributed by atoms with E-state index in [0.29, 0.717) is 19.8 Å². The second-order valence-corrected chi connectivity index (χ2v) is 5.58. The maximum Gasteiger partial charge on any atom is 0.161 e. The lowest BCUT2D eigenvalue weighted by Crippen LogP contribution is -2.08. The molecule has 1 saturated carbocycles. The molecule has 1 atom stereocenters. The van der Waals surface area contributed by atoms with E-state index in [-0.39, 0.29) is 0 Å². The van der Waals surface area contributed by atoms with Crippen LogP contribution in [-0.2, 0) is 4.74 Å². The van der Waals surface area contributed by atoms with E-state index >= 15 is 0 Å². The van der Waals surface area contributed by atoms with Crippen molar-refractivity contribution in [3.05, 3.63) is 23.8 Å². The summed E-state index contributed by atoms with van der Waals surface area (Å²) >= 11 is 0. The van der Waals surface area contributed by atoms with E-state index in [1.54, 1.807) is 0 Å². The molecule has 1 N–H and O–H groups in total. The Kier molecular flexibility index (Phi) is 4.43. The van der Waals surface area contributed by atoms with E-state index in [4.69, 9.17) is 14.2 Å². The van der Waals surface area contributed by atoms with Gasteiger partial charge in [-0.3, -0.25) is 0 Å². The van der Waals surface area contributed by atoms with E-state index in [0.717, 1.165) is 42.4 Å². The Balaban J connectivity index is 1.53. The fourth-order valence-corrected chi connectivity index (χ4v) is 2.33. The van der Waals surface area contributed by atoms with Gasteiger partial charge in [-0.05, 0) is 30.0 Å². The van der Waals surface area contributed by atoms with E-state index in [9.17, 15) is 5.11 Å². The van der Waals surface area contributed by atoms with Gasteiger partial charge in [0.25, 0.3) is 0 Å². The third-order valence-corrected chi connectivity index (χ3v) is 3.80. The predicted octanol–water partition coefficient (Wildman–Crippen LogP) is 2.70. The third kappa shape index (κ3) is 3.64. The molecule has 0 bridgehead atoms. The smallest absolute Gasteiger partial charge is 0.161 e. The summed E-state index contributed by atoms with van der Waals surface area (Å²) in [7, 11) is 0. The van der Waals surface area contributed by atoms with Crippen LogP contribution in [0.4, 0.5) is 0 Å². The second-order valence-electron chi connectivity index (χ2n) is 5.58. The van der Waals surface area contributed by atoms with Gasteiger partial charge in [0, 0.05) is 13.0 Å². The number of rotatable bonds is 6. The molecule has 0 radical (unpaired) electrons. The minimum absolute atomic E-state index is 0.340. The standard InChI is InChI=1S/C16H22O4/c17-14(11-18-9-6-12-2-3-12)13-4-5-15-16(10-13)20-8-1-7-19-15/h4-5,10,12,14,17H,1-3,6-9,11H2. The zero-order valence-electron chi connectivity index (χ0n) is 11.7. The van der Waals surface area contributed by atoms with Gasteiger partial charge in [0.05, 0.1) is 19.8 Å². The van der Waals surface area contributed by atoms with Crippen molar-refractivity contribution in [2.45, 2.75) is 31.8 Å². The molecule has 2 aliphatic rings. The summed E-state index contributed by atoms with van der Waals surface area (Å²) in [5.41, 5.74) is 0.820. The molecule has 20 heavy (non-hydrogen) atoms. The summed E-state index contributed by atoms with van der Waals surface area (Å²) in [6.45, 7) is 2.42. The van der Waals surface area contributed by atoms with Crippen LogP contribution in [0.2, 0.25) is 0 Å². The van der Waals surface area contributed by atoms with Crippen molar-refractivity contribution in [1.82, 2.24) is 0 Å². The average Bonchev–Trinajstić information content (AvgIpc) is 3.29. The minimum Gasteiger partial charge on any atom is -0.490 e. The highest BCUT2D eigenvalue weighted by Gasteiger charge is 2.21. The highest BCUT2D eigenvalue weighted by atomic mass is 16.5. The highest BCUT2D eigenvalue weighted by molar-refractivity contribution is 5.44. The van der Waals surface area contributed by atoms with Crippen LogP contribution in [0.1, 0.15) is 37.4 Å². The zero-order chi connectivity index (χ0) is 13.8. The maximum atomic E-state index is 10.2. The molecule has 3 rings (SSSR count). The number of aliphatic hydroxyl groups is 1. The second kappa shape index (κ2) is 6.46. The van der Waals surface area contributed by atoms with Crippen molar-refractivity contribution < 1.29 is 19.3 Å². The molecule has 0 amide bonds. The third-order valence-electron chi connectivity index (χ3n) is 3.80. The topological polar surface area (TPSA) is 47.9 Å². The van der Waals surface area contributed by atoms with Crippen molar-refractivity contribution in [3.8, 4) is 11.5 Å². The Morgan fingerprint density at radius 3 is 2.80 bits per heavy atom. The van der Waals surface area contributed by atoms with Crippen LogP contribution in [0.15, 0.2) is 18.2 Å².